The lowest BCUT2D eigenvalue weighted by Crippen LogP contribution is -2.47. The highest BCUT2D eigenvalue weighted by molar-refractivity contribution is 6.31. The van der Waals surface area contributed by atoms with Crippen molar-refractivity contribution in [3.8, 4) is 0 Å². The number of benzene rings is 1. The van der Waals surface area contributed by atoms with Gasteiger partial charge in [0, 0.05) is 18.2 Å². The predicted octanol–water partition coefficient (Wildman–Crippen LogP) is 2.50. The highest BCUT2D eigenvalue weighted by atomic mass is 35.5. The van der Waals surface area contributed by atoms with Crippen LogP contribution >= 0.6 is 11.6 Å². The number of hydrogen-bond acceptors (Lipinski definition) is 4. The van der Waals surface area contributed by atoms with Crippen LogP contribution in [0.5, 0.6) is 0 Å². The number of nitrogens with one attached hydrogen (secondary N) is 1. The first kappa shape index (κ1) is 14.9. The molecule has 0 aliphatic heterocycles. The van der Waals surface area contributed by atoms with E-state index in [2.05, 4.69) is 5.32 Å². The first-order valence-electron chi connectivity index (χ1n) is 5.60. The van der Waals surface area contributed by atoms with E-state index in [4.69, 9.17) is 11.6 Å². The Balaban J connectivity index is 2.95. The maximum absolute atomic E-state index is 10.9. The molecule has 0 aliphatic rings. The lowest BCUT2D eigenvalue weighted by molar-refractivity contribution is -0.385. The highest BCUT2D eigenvalue weighted by Crippen LogP contribution is 2.26. The smallest absolute Gasteiger partial charge is 0.275 e. The number of aliphatic hydroxyl groups is 1. The Morgan fingerprint density at radius 1 is 1.56 bits per heavy atom. The zero-order valence-corrected chi connectivity index (χ0v) is 11.4. The molecular formula is C12H17ClN2O3. The van der Waals surface area contributed by atoms with Gasteiger partial charge in [0.2, 0.25) is 0 Å². The minimum atomic E-state index is -0.584. The van der Waals surface area contributed by atoms with Gasteiger partial charge in [-0.1, -0.05) is 17.7 Å². The molecule has 0 saturated carbocycles. The van der Waals surface area contributed by atoms with Crippen molar-refractivity contribution in [2.45, 2.75) is 39.0 Å². The fraction of sp³-hybridized carbons (Fsp3) is 0.500. The van der Waals surface area contributed by atoms with Crippen molar-refractivity contribution in [2.24, 2.45) is 0 Å². The molecule has 0 bridgehead atoms. The molecule has 2 N–H and O–H groups in total. The van der Waals surface area contributed by atoms with E-state index in [9.17, 15) is 15.2 Å². The average molecular weight is 273 g/mol. The van der Waals surface area contributed by atoms with Gasteiger partial charge in [0.25, 0.3) is 5.69 Å². The van der Waals surface area contributed by atoms with Gasteiger partial charge in [0.1, 0.15) is 0 Å². The van der Waals surface area contributed by atoms with Crippen LogP contribution in [0, 0.1) is 10.1 Å². The maximum atomic E-state index is 10.9. The van der Waals surface area contributed by atoms with Crippen molar-refractivity contribution >= 4 is 17.3 Å². The number of hydrogen-bond donors (Lipinski definition) is 2. The Kier molecular flexibility index (Phi) is 4.67. The van der Waals surface area contributed by atoms with E-state index in [0.717, 1.165) is 0 Å². The third-order valence-electron chi connectivity index (χ3n) is 3.06. The van der Waals surface area contributed by atoms with Crippen LogP contribution in [0.25, 0.3) is 0 Å². The van der Waals surface area contributed by atoms with Gasteiger partial charge in [-0.25, -0.2) is 0 Å². The second-order valence-electron chi connectivity index (χ2n) is 4.75. The van der Waals surface area contributed by atoms with Gasteiger partial charge in [-0.3, -0.25) is 10.1 Å². The lowest BCUT2D eigenvalue weighted by Gasteiger charge is -2.29. The molecule has 0 radical (unpaired) electrons. The number of halogens is 1. The molecule has 6 heteroatoms. The largest absolute Gasteiger partial charge is 0.392 e. The Hall–Kier alpha value is -1.17. The molecule has 0 heterocycles. The zero-order chi connectivity index (χ0) is 13.9. The van der Waals surface area contributed by atoms with Gasteiger partial charge in [0.15, 0.2) is 0 Å². The van der Waals surface area contributed by atoms with E-state index in [1.165, 1.54) is 6.07 Å². The first-order chi connectivity index (χ1) is 8.25. The summed E-state index contributed by atoms with van der Waals surface area (Å²) >= 11 is 5.97. The molecule has 0 aliphatic carbocycles. The lowest BCUT2D eigenvalue weighted by atomic mass is 9.98. The number of nitrogens with zero attached hydrogens (tertiary/aromatic N) is 1. The van der Waals surface area contributed by atoms with Gasteiger partial charge in [-0.15, -0.1) is 0 Å². The van der Waals surface area contributed by atoms with E-state index >= 15 is 0 Å². The molecule has 0 fully saturated rings. The monoisotopic (exact) mass is 272 g/mol. The second kappa shape index (κ2) is 5.65. The third kappa shape index (κ3) is 3.41. The van der Waals surface area contributed by atoms with E-state index in [-0.39, 0.29) is 12.2 Å². The van der Waals surface area contributed by atoms with Crippen LogP contribution in [0.15, 0.2) is 18.2 Å². The molecule has 0 amide bonds. The Morgan fingerprint density at radius 3 is 2.67 bits per heavy atom. The van der Waals surface area contributed by atoms with Gasteiger partial charge >= 0.3 is 0 Å². The maximum Gasteiger partial charge on any atom is 0.275 e. The second-order valence-corrected chi connectivity index (χ2v) is 5.15. The summed E-state index contributed by atoms with van der Waals surface area (Å²) < 4.78 is 0. The Bertz CT molecular complexity index is 447. The van der Waals surface area contributed by atoms with Gasteiger partial charge < -0.3 is 10.4 Å². The van der Waals surface area contributed by atoms with E-state index in [1.54, 1.807) is 19.1 Å². The van der Waals surface area contributed by atoms with Crippen LogP contribution in [-0.2, 0) is 6.54 Å². The molecule has 1 aromatic carbocycles. The van der Waals surface area contributed by atoms with Crippen molar-refractivity contribution < 1.29 is 10.0 Å². The minimum absolute atomic E-state index is 0.0172. The van der Waals surface area contributed by atoms with Crippen molar-refractivity contribution in [1.82, 2.24) is 5.32 Å². The molecule has 1 unspecified atom stereocenters. The van der Waals surface area contributed by atoms with Gasteiger partial charge in [0.05, 0.1) is 21.6 Å². The zero-order valence-electron chi connectivity index (χ0n) is 10.6. The topological polar surface area (TPSA) is 75.4 Å². The molecule has 0 spiro atoms. The van der Waals surface area contributed by atoms with Crippen LogP contribution in [-0.4, -0.2) is 21.7 Å². The Morgan fingerprint density at radius 2 is 2.17 bits per heavy atom. The molecular weight excluding hydrogens is 256 g/mol. The third-order valence-corrected chi connectivity index (χ3v) is 3.41. The van der Waals surface area contributed by atoms with Crippen LogP contribution in [0.2, 0.25) is 5.02 Å². The van der Waals surface area contributed by atoms with Crippen LogP contribution in [0.1, 0.15) is 26.3 Å². The quantitative estimate of drug-likeness (QED) is 0.638. The molecule has 1 aromatic rings. The van der Waals surface area contributed by atoms with Crippen LogP contribution < -0.4 is 5.32 Å². The van der Waals surface area contributed by atoms with Gasteiger partial charge in [-0.05, 0) is 26.8 Å². The van der Waals surface area contributed by atoms with Crippen LogP contribution in [0.3, 0.4) is 0 Å². The van der Waals surface area contributed by atoms with Crippen molar-refractivity contribution in [3.05, 3.63) is 38.9 Å². The van der Waals surface area contributed by atoms with Crippen molar-refractivity contribution in [3.63, 3.8) is 0 Å². The Labute approximate surface area is 111 Å². The van der Waals surface area contributed by atoms with Crippen LogP contribution in [0.4, 0.5) is 5.69 Å². The highest BCUT2D eigenvalue weighted by Gasteiger charge is 2.25. The fourth-order valence-corrected chi connectivity index (χ4v) is 1.59. The molecule has 0 aromatic heterocycles. The molecule has 1 rings (SSSR count). The SMILES string of the molecule is CC(O)C(C)(C)NCc1c(Cl)cccc1[N+](=O)[O-]. The predicted molar refractivity (Wildman–Crippen MR) is 70.7 cm³/mol. The first-order valence-corrected chi connectivity index (χ1v) is 5.98. The summed E-state index contributed by atoms with van der Waals surface area (Å²) in [5, 5.41) is 23.9. The van der Waals surface area contributed by atoms with Crippen molar-refractivity contribution in [1.29, 1.82) is 0 Å². The summed E-state index contributed by atoms with van der Waals surface area (Å²) in [7, 11) is 0. The summed E-state index contributed by atoms with van der Waals surface area (Å²) in [5.74, 6) is 0. The van der Waals surface area contributed by atoms with Crippen molar-refractivity contribution in [2.75, 3.05) is 0 Å². The van der Waals surface area contributed by atoms with E-state index in [1.807, 2.05) is 13.8 Å². The molecule has 1 atom stereocenters. The fourth-order valence-electron chi connectivity index (χ4n) is 1.36. The number of nitro benzene ring substituents is 1. The molecule has 5 nitrogen and oxygen atoms in total. The van der Waals surface area contributed by atoms with Gasteiger partial charge in [-0.2, -0.15) is 0 Å². The normalized spacial score (nSPS) is 13.4. The van der Waals surface area contributed by atoms with E-state index in [0.29, 0.717) is 10.6 Å². The molecule has 100 valence electrons. The molecule has 18 heavy (non-hydrogen) atoms. The summed E-state index contributed by atoms with van der Waals surface area (Å²) in [6.45, 7) is 5.53. The minimum Gasteiger partial charge on any atom is -0.392 e. The summed E-state index contributed by atoms with van der Waals surface area (Å²) in [4.78, 5) is 10.4. The summed E-state index contributed by atoms with van der Waals surface area (Å²) in [6.07, 6.45) is -0.584. The number of aliphatic hydroxyl groups excluding tert-OH is 1. The standard InChI is InChI=1S/C12H17ClN2O3/c1-8(16)12(2,3)14-7-9-10(13)5-4-6-11(9)15(17)18/h4-6,8,14,16H,7H2,1-3H3. The summed E-state index contributed by atoms with van der Waals surface area (Å²) in [6, 6.07) is 4.57. The number of nitro groups is 1. The van der Waals surface area contributed by atoms with E-state index < -0.39 is 16.6 Å². The average Bonchev–Trinajstić information content (AvgIpc) is 2.26. The number of rotatable bonds is 5. The molecule has 0 saturated heterocycles. The summed E-state index contributed by atoms with van der Waals surface area (Å²) in [5.41, 5.74) is -0.137.